The third-order valence-corrected chi connectivity index (χ3v) is 1.02. The molecule has 2 N–H and O–H groups in total. The van der Waals surface area contributed by atoms with Gasteiger partial charge in [-0.2, -0.15) is 0 Å². The predicted octanol–water partition coefficient (Wildman–Crippen LogP) is 1.56. The largest absolute Gasteiger partial charge is 0.396 e. The van der Waals surface area contributed by atoms with E-state index in [4.69, 9.17) is 10.2 Å². The summed E-state index contributed by atoms with van der Waals surface area (Å²) in [6.07, 6.45) is 4.08. The molecule has 1 radical (unpaired) electrons. The summed E-state index contributed by atoms with van der Waals surface area (Å²) < 4.78 is 0. The SMILES string of the molecule is CCCCO.CCCCO.[Mn]. The molecule has 0 fully saturated rings. The van der Waals surface area contributed by atoms with Crippen LogP contribution in [0.25, 0.3) is 0 Å². The van der Waals surface area contributed by atoms with Crippen LogP contribution in [0.3, 0.4) is 0 Å². The van der Waals surface area contributed by atoms with Crippen molar-refractivity contribution in [3.63, 3.8) is 0 Å². The van der Waals surface area contributed by atoms with Gasteiger partial charge < -0.3 is 10.2 Å². The van der Waals surface area contributed by atoms with Gasteiger partial charge in [0.2, 0.25) is 0 Å². The minimum absolute atomic E-state index is 0. The first-order valence-corrected chi connectivity index (χ1v) is 4.05. The second kappa shape index (κ2) is 22.4. The molecule has 2 nitrogen and oxygen atoms in total. The number of hydrogen-bond donors (Lipinski definition) is 2. The van der Waals surface area contributed by atoms with Gasteiger partial charge in [-0.3, -0.25) is 0 Å². The van der Waals surface area contributed by atoms with Gasteiger partial charge in [-0.15, -0.1) is 0 Å². The first-order valence-electron chi connectivity index (χ1n) is 4.05. The van der Waals surface area contributed by atoms with Gasteiger partial charge in [-0.1, -0.05) is 26.7 Å². The predicted molar refractivity (Wildman–Crippen MR) is 44.0 cm³/mol. The Bertz CT molecular complexity index is 33.1. The fraction of sp³-hybridized carbons (Fsp3) is 1.00. The summed E-state index contributed by atoms with van der Waals surface area (Å²) in [6, 6.07) is 0. The minimum Gasteiger partial charge on any atom is -0.396 e. The average molecular weight is 203 g/mol. The van der Waals surface area contributed by atoms with Gasteiger partial charge >= 0.3 is 0 Å². The molecule has 0 aromatic rings. The first kappa shape index (κ1) is 17.5. The van der Waals surface area contributed by atoms with Crippen LogP contribution in [0.2, 0.25) is 0 Å². The molecule has 0 amide bonds. The molecule has 0 aliphatic carbocycles. The molecule has 0 aromatic heterocycles. The Morgan fingerprint density at radius 1 is 0.818 bits per heavy atom. The van der Waals surface area contributed by atoms with Crippen LogP contribution >= 0.6 is 0 Å². The van der Waals surface area contributed by atoms with Crippen molar-refractivity contribution in [2.45, 2.75) is 39.5 Å². The molecule has 0 bridgehead atoms. The van der Waals surface area contributed by atoms with Crippen molar-refractivity contribution >= 4 is 0 Å². The molecule has 0 rings (SSSR count). The number of rotatable bonds is 4. The van der Waals surface area contributed by atoms with Crippen molar-refractivity contribution in [2.75, 3.05) is 13.2 Å². The Hall–Kier alpha value is 0.439. The molecule has 0 spiro atoms. The topological polar surface area (TPSA) is 40.5 Å². The molecule has 3 heteroatoms. The van der Waals surface area contributed by atoms with E-state index in [1.807, 2.05) is 0 Å². The van der Waals surface area contributed by atoms with Crippen molar-refractivity contribution in [2.24, 2.45) is 0 Å². The van der Waals surface area contributed by atoms with Crippen LogP contribution in [0.1, 0.15) is 39.5 Å². The summed E-state index contributed by atoms with van der Waals surface area (Å²) in [4.78, 5) is 0. The third kappa shape index (κ3) is 37.7. The zero-order valence-electron chi connectivity index (χ0n) is 7.52. The van der Waals surface area contributed by atoms with Crippen LogP contribution in [0.4, 0.5) is 0 Å². The molecule has 0 saturated heterocycles. The number of hydrogen-bond acceptors (Lipinski definition) is 2. The number of aliphatic hydroxyl groups excluding tert-OH is 2. The van der Waals surface area contributed by atoms with Gasteiger partial charge in [0, 0.05) is 30.3 Å². The van der Waals surface area contributed by atoms with Gasteiger partial charge in [0.25, 0.3) is 0 Å². The molecule has 0 unspecified atom stereocenters. The molecule has 0 atom stereocenters. The van der Waals surface area contributed by atoms with Crippen molar-refractivity contribution in [1.29, 1.82) is 0 Å². The standard InChI is InChI=1S/2C4H10O.Mn/c2*1-2-3-4-5;/h2*5H,2-4H2,1H3;. The normalized spacial score (nSPS) is 7.64. The molecule has 0 aliphatic heterocycles. The quantitative estimate of drug-likeness (QED) is 0.680. The fourth-order valence-corrected chi connectivity index (χ4v) is 0.316. The van der Waals surface area contributed by atoms with E-state index >= 15 is 0 Å². The van der Waals surface area contributed by atoms with Gasteiger partial charge in [0.1, 0.15) is 0 Å². The molecular weight excluding hydrogens is 183 g/mol. The fourth-order valence-electron chi connectivity index (χ4n) is 0.316. The smallest absolute Gasteiger partial charge is 0.0430 e. The van der Waals surface area contributed by atoms with Gasteiger partial charge in [-0.05, 0) is 12.8 Å². The van der Waals surface area contributed by atoms with E-state index in [2.05, 4.69) is 13.8 Å². The number of unbranched alkanes of at least 4 members (excludes halogenated alkanes) is 2. The molecule has 0 saturated carbocycles. The monoisotopic (exact) mass is 203 g/mol. The van der Waals surface area contributed by atoms with E-state index in [9.17, 15) is 0 Å². The van der Waals surface area contributed by atoms with E-state index in [0.717, 1.165) is 25.7 Å². The maximum absolute atomic E-state index is 8.07. The molecular formula is C8H20MnO2. The Morgan fingerprint density at radius 2 is 1.09 bits per heavy atom. The van der Waals surface area contributed by atoms with Crippen molar-refractivity contribution in [1.82, 2.24) is 0 Å². The summed E-state index contributed by atoms with van der Waals surface area (Å²) in [5.74, 6) is 0. The van der Waals surface area contributed by atoms with Crippen LogP contribution in [0, 0.1) is 0 Å². The van der Waals surface area contributed by atoms with Crippen molar-refractivity contribution in [3.8, 4) is 0 Å². The molecule has 0 aromatic carbocycles. The maximum Gasteiger partial charge on any atom is 0.0430 e. The van der Waals surface area contributed by atoms with Crippen molar-refractivity contribution in [3.05, 3.63) is 0 Å². The molecule has 0 heterocycles. The van der Waals surface area contributed by atoms with Crippen LogP contribution < -0.4 is 0 Å². The van der Waals surface area contributed by atoms with Crippen LogP contribution in [-0.2, 0) is 17.1 Å². The molecule has 71 valence electrons. The van der Waals surface area contributed by atoms with E-state index < -0.39 is 0 Å². The summed E-state index contributed by atoms with van der Waals surface area (Å²) in [5, 5.41) is 16.1. The Balaban J connectivity index is -0.000000107. The van der Waals surface area contributed by atoms with E-state index in [1.165, 1.54) is 0 Å². The van der Waals surface area contributed by atoms with Crippen LogP contribution in [0.5, 0.6) is 0 Å². The Labute approximate surface area is 80.5 Å². The summed E-state index contributed by atoms with van der Waals surface area (Å²) in [6.45, 7) is 4.79. The van der Waals surface area contributed by atoms with Crippen LogP contribution in [0.15, 0.2) is 0 Å². The molecule has 11 heavy (non-hydrogen) atoms. The third-order valence-electron chi connectivity index (χ3n) is 1.02. The van der Waals surface area contributed by atoms with E-state index in [0.29, 0.717) is 13.2 Å². The van der Waals surface area contributed by atoms with E-state index in [1.54, 1.807) is 0 Å². The summed E-state index contributed by atoms with van der Waals surface area (Å²) >= 11 is 0. The second-order valence-corrected chi connectivity index (χ2v) is 2.15. The average Bonchev–Trinajstić information content (AvgIpc) is 1.93. The zero-order valence-corrected chi connectivity index (χ0v) is 8.70. The Kier molecular flexibility index (Phi) is 35.7. The minimum atomic E-state index is 0. The number of aliphatic hydroxyl groups is 2. The van der Waals surface area contributed by atoms with E-state index in [-0.39, 0.29) is 17.1 Å². The zero-order chi connectivity index (χ0) is 8.24. The van der Waals surface area contributed by atoms with Gasteiger partial charge in [-0.25, -0.2) is 0 Å². The van der Waals surface area contributed by atoms with Crippen LogP contribution in [-0.4, -0.2) is 23.4 Å². The summed E-state index contributed by atoms with van der Waals surface area (Å²) in [5.41, 5.74) is 0. The van der Waals surface area contributed by atoms with Gasteiger partial charge in [0.15, 0.2) is 0 Å². The molecule has 0 aliphatic rings. The Morgan fingerprint density at radius 3 is 1.09 bits per heavy atom. The van der Waals surface area contributed by atoms with Crippen molar-refractivity contribution < 1.29 is 27.3 Å². The van der Waals surface area contributed by atoms with Gasteiger partial charge in [0.05, 0.1) is 0 Å². The summed E-state index contributed by atoms with van der Waals surface area (Å²) in [7, 11) is 0. The maximum atomic E-state index is 8.07. The second-order valence-electron chi connectivity index (χ2n) is 2.15. The first-order chi connectivity index (χ1) is 4.83.